The molecule has 34 heavy (non-hydrogen) atoms. The van der Waals surface area contributed by atoms with Crippen LogP contribution >= 0.6 is 24.0 Å². The molecular formula is C20H17N5O7S2. The van der Waals surface area contributed by atoms with E-state index in [2.05, 4.69) is 10.9 Å². The summed E-state index contributed by atoms with van der Waals surface area (Å²) in [5, 5.41) is 22.0. The fourth-order valence-corrected chi connectivity index (χ4v) is 4.22. The molecule has 3 rings (SSSR count). The number of non-ortho nitro benzene ring substituents is 1. The monoisotopic (exact) mass is 503 g/mol. The number of nitrogens with one attached hydrogen (secondary N) is 2. The van der Waals surface area contributed by atoms with E-state index in [1.54, 1.807) is 24.3 Å². The van der Waals surface area contributed by atoms with Crippen molar-refractivity contribution in [2.24, 2.45) is 0 Å². The zero-order chi connectivity index (χ0) is 24.8. The summed E-state index contributed by atoms with van der Waals surface area (Å²) in [5.74, 6) is -0.332. The SMILES string of the molecule is COc1ccccc1/C=C1\SC(=S)N(CCC(=O)NNc2ccc([N+](=O)[O-])cc2[N+](=O)[O-])C1=O. The molecule has 1 heterocycles. The van der Waals surface area contributed by atoms with Gasteiger partial charge in [0.25, 0.3) is 11.6 Å². The maximum Gasteiger partial charge on any atom is 0.300 e. The second-order valence-corrected chi connectivity index (χ2v) is 8.39. The number of thioether (sulfide) groups is 1. The molecule has 0 unspecified atom stereocenters. The number of hydrogen-bond donors (Lipinski definition) is 2. The van der Waals surface area contributed by atoms with Crippen LogP contribution in [0.15, 0.2) is 47.4 Å². The Balaban J connectivity index is 1.61. The molecule has 2 aromatic carbocycles. The van der Waals surface area contributed by atoms with Crippen molar-refractivity contribution < 1.29 is 24.2 Å². The molecule has 0 bridgehead atoms. The lowest BCUT2D eigenvalue weighted by Gasteiger charge is -2.14. The highest BCUT2D eigenvalue weighted by Gasteiger charge is 2.32. The summed E-state index contributed by atoms with van der Waals surface area (Å²) >= 11 is 6.37. The van der Waals surface area contributed by atoms with Crippen LogP contribution < -0.4 is 15.6 Å². The van der Waals surface area contributed by atoms with E-state index in [1.165, 1.54) is 12.0 Å². The minimum atomic E-state index is -0.810. The Morgan fingerprint density at radius 3 is 2.62 bits per heavy atom. The number of hydrazine groups is 1. The number of amides is 2. The summed E-state index contributed by atoms with van der Waals surface area (Å²) in [6.07, 6.45) is 1.51. The number of thiocarbonyl (C=S) groups is 1. The fourth-order valence-electron chi connectivity index (χ4n) is 2.92. The van der Waals surface area contributed by atoms with Gasteiger partial charge in [0, 0.05) is 24.6 Å². The normalized spacial score (nSPS) is 14.3. The average Bonchev–Trinajstić information content (AvgIpc) is 3.08. The molecule has 2 N–H and O–H groups in total. The summed E-state index contributed by atoms with van der Waals surface area (Å²) in [7, 11) is 1.52. The molecule has 0 saturated carbocycles. The first kappa shape index (κ1) is 24.6. The van der Waals surface area contributed by atoms with Crippen molar-refractivity contribution in [1.29, 1.82) is 0 Å². The van der Waals surface area contributed by atoms with Gasteiger partial charge in [0.15, 0.2) is 0 Å². The van der Waals surface area contributed by atoms with Gasteiger partial charge in [-0.15, -0.1) is 0 Å². The van der Waals surface area contributed by atoms with E-state index in [0.717, 1.165) is 30.0 Å². The van der Waals surface area contributed by atoms with Crippen LogP contribution in [-0.2, 0) is 9.59 Å². The smallest absolute Gasteiger partial charge is 0.300 e. The van der Waals surface area contributed by atoms with Crippen molar-refractivity contribution in [1.82, 2.24) is 10.3 Å². The van der Waals surface area contributed by atoms with Gasteiger partial charge < -0.3 is 4.74 Å². The van der Waals surface area contributed by atoms with E-state index in [1.807, 2.05) is 6.07 Å². The number of carbonyl (C=O) groups excluding carboxylic acids is 2. The second kappa shape index (κ2) is 10.7. The minimum absolute atomic E-state index is 0.0101. The number of methoxy groups -OCH3 is 1. The number of anilines is 1. The van der Waals surface area contributed by atoms with Gasteiger partial charge in [-0.2, -0.15) is 0 Å². The number of para-hydroxylation sites is 1. The molecule has 0 spiro atoms. The van der Waals surface area contributed by atoms with Crippen molar-refractivity contribution >= 4 is 63.3 Å². The lowest BCUT2D eigenvalue weighted by molar-refractivity contribution is -0.393. The van der Waals surface area contributed by atoms with E-state index in [0.29, 0.717) is 16.2 Å². The van der Waals surface area contributed by atoms with Gasteiger partial charge in [-0.25, -0.2) is 0 Å². The predicted molar refractivity (Wildman–Crippen MR) is 129 cm³/mol. The number of nitro groups is 2. The largest absolute Gasteiger partial charge is 0.496 e. The Bertz CT molecular complexity index is 1220. The van der Waals surface area contributed by atoms with E-state index in [9.17, 15) is 29.8 Å². The molecule has 1 saturated heterocycles. The predicted octanol–water partition coefficient (Wildman–Crippen LogP) is 3.25. The summed E-state index contributed by atoms with van der Waals surface area (Å²) in [6.45, 7) is -0.0101. The number of carbonyl (C=O) groups is 2. The van der Waals surface area contributed by atoms with E-state index < -0.39 is 27.1 Å². The summed E-state index contributed by atoms with van der Waals surface area (Å²) in [5.41, 5.74) is 4.20. The fraction of sp³-hybridized carbons (Fsp3) is 0.150. The van der Waals surface area contributed by atoms with Crippen LogP contribution in [0.25, 0.3) is 6.08 Å². The van der Waals surface area contributed by atoms with Crippen molar-refractivity contribution in [3.63, 3.8) is 0 Å². The first-order valence-electron chi connectivity index (χ1n) is 9.57. The number of ether oxygens (including phenoxy) is 1. The van der Waals surface area contributed by atoms with Crippen LogP contribution in [-0.4, -0.2) is 44.5 Å². The van der Waals surface area contributed by atoms with Crippen LogP contribution in [0.4, 0.5) is 17.1 Å². The third kappa shape index (κ3) is 5.65. The molecule has 1 fully saturated rings. The van der Waals surface area contributed by atoms with Gasteiger partial charge in [0.05, 0.1) is 27.9 Å². The first-order chi connectivity index (χ1) is 16.2. The molecule has 0 atom stereocenters. The molecule has 176 valence electrons. The zero-order valence-electron chi connectivity index (χ0n) is 17.5. The highest BCUT2D eigenvalue weighted by atomic mass is 32.2. The molecule has 1 aliphatic heterocycles. The van der Waals surface area contributed by atoms with Gasteiger partial charge >= 0.3 is 5.69 Å². The van der Waals surface area contributed by atoms with E-state index >= 15 is 0 Å². The van der Waals surface area contributed by atoms with Crippen LogP contribution in [0.3, 0.4) is 0 Å². The highest BCUT2D eigenvalue weighted by molar-refractivity contribution is 8.26. The number of nitro benzene ring substituents is 2. The lowest BCUT2D eigenvalue weighted by Crippen LogP contribution is -2.35. The summed E-state index contributed by atoms with van der Waals surface area (Å²) in [6, 6.07) is 10.1. The van der Waals surface area contributed by atoms with Crippen molar-refractivity contribution in [3.8, 4) is 5.75 Å². The van der Waals surface area contributed by atoms with Crippen LogP contribution in [0, 0.1) is 20.2 Å². The standard InChI is InChI=1S/C20H17N5O7S2/c1-32-16-5-3-2-4-12(16)10-17-19(27)23(20(33)34-17)9-8-18(26)22-21-14-7-6-13(24(28)29)11-15(14)25(30)31/h2-7,10-11,21H,8-9H2,1H3,(H,22,26)/b17-10-. The lowest BCUT2D eigenvalue weighted by atomic mass is 10.2. The molecule has 12 nitrogen and oxygen atoms in total. The van der Waals surface area contributed by atoms with Gasteiger partial charge in [-0.05, 0) is 18.2 Å². The maximum atomic E-state index is 12.7. The number of benzene rings is 2. The zero-order valence-corrected chi connectivity index (χ0v) is 19.2. The molecule has 2 amide bonds. The molecule has 0 aliphatic carbocycles. The Morgan fingerprint density at radius 1 is 1.21 bits per heavy atom. The van der Waals surface area contributed by atoms with Crippen LogP contribution in [0.2, 0.25) is 0 Å². The van der Waals surface area contributed by atoms with Crippen LogP contribution in [0.5, 0.6) is 5.75 Å². The third-order valence-electron chi connectivity index (χ3n) is 4.59. The topological polar surface area (TPSA) is 157 Å². The van der Waals surface area contributed by atoms with Gasteiger partial charge in [0.1, 0.15) is 15.8 Å². The number of nitrogens with zero attached hydrogens (tertiary/aromatic N) is 3. The first-order valence-corrected chi connectivity index (χ1v) is 10.8. The van der Waals surface area contributed by atoms with Crippen LogP contribution in [0.1, 0.15) is 12.0 Å². The number of hydrogen-bond acceptors (Lipinski definition) is 10. The summed E-state index contributed by atoms with van der Waals surface area (Å²) in [4.78, 5) is 47.1. The Hall–Kier alpha value is -4.04. The molecule has 14 heteroatoms. The Labute approximate surface area is 202 Å². The molecule has 0 radical (unpaired) electrons. The van der Waals surface area contributed by atoms with E-state index in [-0.39, 0.29) is 28.9 Å². The minimum Gasteiger partial charge on any atom is -0.496 e. The van der Waals surface area contributed by atoms with Crippen molar-refractivity contribution in [2.75, 3.05) is 19.1 Å². The maximum absolute atomic E-state index is 12.7. The average molecular weight is 504 g/mol. The highest BCUT2D eigenvalue weighted by Crippen LogP contribution is 2.34. The van der Waals surface area contributed by atoms with E-state index in [4.69, 9.17) is 17.0 Å². The number of rotatable bonds is 9. The molecule has 0 aromatic heterocycles. The van der Waals surface area contributed by atoms with Crippen molar-refractivity contribution in [2.45, 2.75) is 6.42 Å². The van der Waals surface area contributed by atoms with Gasteiger partial charge in [0.2, 0.25) is 5.91 Å². The van der Waals surface area contributed by atoms with Crippen molar-refractivity contribution in [3.05, 3.63) is 73.2 Å². The summed E-state index contributed by atoms with van der Waals surface area (Å²) < 4.78 is 5.57. The van der Waals surface area contributed by atoms with Gasteiger partial charge in [-0.1, -0.05) is 42.2 Å². The molecule has 2 aromatic rings. The second-order valence-electron chi connectivity index (χ2n) is 6.71. The van der Waals surface area contributed by atoms with Gasteiger partial charge in [-0.3, -0.25) is 45.6 Å². The Kier molecular flexibility index (Phi) is 7.75. The molecule has 1 aliphatic rings. The quantitative estimate of drug-likeness (QED) is 0.225. The third-order valence-corrected chi connectivity index (χ3v) is 5.96. The molecular weight excluding hydrogens is 486 g/mol. The Morgan fingerprint density at radius 2 is 1.94 bits per heavy atom.